The number of nitrogens with zero attached hydrogens (tertiary/aromatic N) is 2. The Kier molecular flexibility index (Phi) is 7.72. The number of ether oxygens (including phenoxy) is 2. The zero-order chi connectivity index (χ0) is 21.3. The van der Waals surface area contributed by atoms with Gasteiger partial charge in [-0.15, -0.1) is 0 Å². The first kappa shape index (κ1) is 21.9. The van der Waals surface area contributed by atoms with Crippen molar-refractivity contribution < 1.29 is 27.5 Å². The van der Waals surface area contributed by atoms with Gasteiger partial charge >= 0.3 is 5.97 Å². The lowest BCUT2D eigenvalue weighted by molar-refractivity contribution is -0.142. The zero-order valence-corrected chi connectivity index (χ0v) is 16.8. The van der Waals surface area contributed by atoms with E-state index in [9.17, 15) is 18.0 Å². The second-order valence-corrected chi connectivity index (χ2v) is 7.74. The predicted molar refractivity (Wildman–Crippen MR) is 108 cm³/mol. The summed E-state index contributed by atoms with van der Waals surface area (Å²) in [4.78, 5) is 23.1. The van der Waals surface area contributed by atoms with E-state index in [1.807, 2.05) is 0 Å². The van der Waals surface area contributed by atoms with Gasteiger partial charge in [0.1, 0.15) is 12.3 Å². The molecule has 0 spiro atoms. The van der Waals surface area contributed by atoms with Crippen molar-refractivity contribution in [3.63, 3.8) is 0 Å². The molecule has 154 valence electrons. The van der Waals surface area contributed by atoms with Crippen LogP contribution < -0.4 is 14.5 Å². The van der Waals surface area contributed by atoms with E-state index in [4.69, 9.17) is 4.74 Å². The number of hydrogen-bond donors (Lipinski definition) is 1. The van der Waals surface area contributed by atoms with Crippen LogP contribution in [-0.4, -0.2) is 53.0 Å². The van der Waals surface area contributed by atoms with Gasteiger partial charge in [0.15, 0.2) is 6.61 Å². The van der Waals surface area contributed by atoms with E-state index in [2.05, 4.69) is 15.3 Å². The number of benzene rings is 2. The highest BCUT2D eigenvalue weighted by atomic mass is 32.2. The van der Waals surface area contributed by atoms with E-state index in [0.717, 1.165) is 10.6 Å². The maximum absolute atomic E-state index is 12.1. The highest BCUT2D eigenvalue weighted by Crippen LogP contribution is 2.16. The SMILES string of the molecule is COC(=O)COc1ccc(/C=N\NC(=O)CN(c2ccccc2)S(C)(=O)=O)cc1. The molecule has 0 saturated carbocycles. The number of esters is 1. The van der Waals surface area contributed by atoms with Crippen molar-refractivity contribution in [1.29, 1.82) is 0 Å². The van der Waals surface area contributed by atoms with E-state index in [1.165, 1.54) is 13.3 Å². The van der Waals surface area contributed by atoms with Crippen LogP contribution in [0.25, 0.3) is 0 Å². The van der Waals surface area contributed by atoms with Crippen molar-refractivity contribution >= 4 is 33.8 Å². The number of amides is 1. The Morgan fingerprint density at radius 3 is 2.34 bits per heavy atom. The first-order chi connectivity index (χ1) is 13.8. The number of hydrazone groups is 1. The number of anilines is 1. The van der Waals surface area contributed by atoms with Gasteiger partial charge < -0.3 is 9.47 Å². The summed E-state index contributed by atoms with van der Waals surface area (Å²) in [5.74, 6) is -0.603. The number of carbonyl (C=O) groups is 2. The second-order valence-electron chi connectivity index (χ2n) is 5.83. The monoisotopic (exact) mass is 419 g/mol. The molecule has 2 aromatic rings. The minimum absolute atomic E-state index is 0.196. The molecule has 0 aromatic heterocycles. The fraction of sp³-hybridized carbons (Fsp3) is 0.211. The number of sulfonamides is 1. The third-order valence-electron chi connectivity index (χ3n) is 3.60. The lowest BCUT2D eigenvalue weighted by Crippen LogP contribution is -2.38. The van der Waals surface area contributed by atoms with Crippen LogP contribution in [0.5, 0.6) is 5.75 Å². The van der Waals surface area contributed by atoms with Gasteiger partial charge in [0.25, 0.3) is 5.91 Å². The van der Waals surface area contributed by atoms with Crippen molar-refractivity contribution in [3.05, 3.63) is 60.2 Å². The maximum Gasteiger partial charge on any atom is 0.343 e. The fourth-order valence-electron chi connectivity index (χ4n) is 2.19. The molecule has 0 aliphatic rings. The molecule has 2 rings (SSSR count). The summed E-state index contributed by atoms with van der Waals surface area (Å²) in [6, 6.07) is 14.9. The van der Waals surface area contributed by atoms with Crippen LogP contribution in [0.1, 0.15) is 5.56 Å². The summed E-state index contributed by atoms with van der Waals surface area (Å²) in [6.07, 6.45) is 2.43. The van der Waals surface area contributed by atoms with Crippen molar-refractivity contribution in [2.45, 2.75) is 0 Å². The molecule has 0 atom stereocenters. The highest BCUT2D eigenvalue weighted by Gasteiger charge is 2.20. The van der Waals surface area contributed by atoms with Gasteiger partial charge in [-0.3, -0.25) is 9.10 Å². The molecule has 0 bridgehead atoms. The van der Waals surface area contributed by atoms with Crippen molar-refractivity contribution in [3.8, 4) is 5.75 Å². The van der Waals surface area contributed by atoms with Gasteiger partial charge in [-0.05, 0) is 42.0 Å². The first-order valence-corrected chi connectivity index (χ1v) is 10.3. The Balaban J connectivity index is 1.92. The summed E-state index contributed by atoms with van der Waals surface area (Å²) in [5, 5.41) is 3.83. The Hall–Kier alpha value is -3.40. The molecular weight excluding hydrogens is 398 g/mol. The molecule has 0 heterocycles. The topological polar surface area (TPSA) is 114 Å². The molecule has 2 aromatic carbocycles. The smallest absolute Gasteiger partial charge is 0.343 e. The highest BCUT2D eigenvalue weighted by molar-refractivity contribution is 7.92. The van der Waals surface area contributed by atoms with Gasteiger partial charge in [-0.2, -0.15) is 5.10 Å². The Morgan fingerprint density at radius 1 is 1.10 bits per heavy atom. The Labute approximate surface area is 169 Å². The average Bonchev–Trinajstić information content (AvgIpc) is 2.71. The molecule has 10 heteroatoms. The van der Waals surface area contributed by atoms with Crippen LogP contribution in [0.15, 0.2) is 59.7 Å². The molecule has 0 aliphatic heterocycles. The molecule has 1 amide bonds. The fourth-order valence-corrected chi connectivity index (χ4v) is 3.05. The minimum Gasteiger partial charge on any atom is -0.482 e. The number of methoxy groups -OCH3 is 1. The van der Waals surface area contributed by atoms with E-state index in [1.54, 1.807) is 54.6 Å². The van der Waals surface area contributed by atoms with Gasteiger partial charge in [-0.1, -0.05) is 18.2 Å². The molecule has 0 unspecified atom stereocenters. The van der Waals surface area contributed by atoms with E-state index >= 15 is 0 Å². The molecule has 0 fully saturated rings. The largest absolute Gasteiger partial charge is 0.482 e. The Morgan fingerprint density at radius 2 is 1.76 bits per heavy atom. The molecule has 0 saturated heterocycles. The van der Waals surface area contributed by atoms with Crippen molar-refractivity contribution in [2.24, 2.45) is 5.10 Å². The quantitative estimate of drug-likeness (QED) is 0.371. The maximum atomic E-state index is 12.1. The lowest BCUT2D eigenvalue weighted by atomic mass is 10.2. The summed E-state index contributed by atoms with van der Waals surface area (Å²) >= 11 is 0. The Bertz CT molecular complexity index is 959. The number of hydrogen-bond acceptors (Lipinski definition) is 7. The predicted octanol–water partition coefficient (Wildman–Crippen LogP) is 1.15. The number of rotatable bonds is 9. The van der Waals surface area contributed by atoms with Crippen LogP contribution in [0.3, 0.4) is 0 Å². The van der Waals surface area contributed by atoms with Crippen molar-refractivity contribution in [2.75, 3.05) is 30.8 Å². The molecule has 9 nitrogen and oxygen atoms in total. The molecule has 0 radical (unpaired) electrons. The van der Waals surface area contributed by atoms with Crippen molar-refractivity contribution in [1.82, 2.24) is 5.43 Å². The molecular formula is C19H21N3O6S. The van der Waals surface area contributed by atoms with Gasteiger partial charge in [-0.25, -0.2) is 18.6 Å². The van der Waals surface area contributed by atoms with Gasteiger partial charge in [0.05, 0.1) is 25.3 Å². The van der Waals surface area contributed by atoms with Crippen LogP contribution in [-0.2, 0) is 24.3 Å². The normalized spacial score (nSPS) is 11.1. The number of nitrogens with one attached hydrogen (secondary N) is 1. The lowest BCUT2D eigenvalue weighted by Gasteiger charge is -2.21. The van der Waals surface area contributed by atoms with Crippen LogP contribution >= 0.6 is 0 Å². The number of para-hydroxylation sites is 1. The summed E-state index contributed by atoms with van der Waals surface area (Å²) in [5.41, 5.74) is 3.35. The number of carbonyl (C=O) groups excluding carboxylic acids is 2. The summed E-state index contributed by atoms with van der Waals surface area (Å²) < 4.78 is 34.6. The van der Waals surface area contributed by atoms with Crippen LogP contribution in [0.4, 0.5) is 5.69 Å². The van der Waals surface area contributed by atoms with Gasteiger partial charge in [0, 0.05) is 0 Å². The molecule has 1 N–H and O–H groups in total. The summed E-state index contributed by atoms with van der Waals surface area (Å²) in [7, 11) is -2.36. The van der Waals surface area contributed by atoms with E-state index < -0.39 is 28.4 Å². The van der Waals surface area contributed by atoms with Crippen LogP contribution in [0, 0.1) is 0 Å². The minimum atomic E-state index is -3.63. The molecule has 0 aliphatic carbocycles. The third-order valence-corrected chi connectivity index (χ3v) is 4.74. The zero-order valence-electron chi connectivity index (χ0n) is 15.9. The molecule has 29 heavy (non-hydrogen) atoms. The second kappa shape index (κ2) is 10.2. The standard InChI is InChI=1S/C19H21N3O6S/c1-27-19(24)14-28-17-10-8-15(9-11-17)12-20-21-18(23)13-22(29(2,25)26)16-6-4-3-5-7-16/h3-12H,13-14H2,1-2H3,(H,21,23)/b20-12-. The van der Waals surface area contributed by atoms with E-state index in [-0.39, 0.29) is 6.61 Å². The first-order valence-electron chi connectivity index (χ1n) is 8.44. The van der Waals surface area contributed by atoms with Crippen LogP contribution in [0.2, 0.25) is 0 Å². The summed E-state index contributed by atoms with van der Waals surface area (Å²) in [6.45, 7) is -0.598. The third kappa shape index (κ3) is 7.26. The average molecular weight is 419 g/mol. The van der Waals surface area contributed by atoms with Gasteiger partial charge in [0.2, 0.25) is 10.0 Å². The van der Waals surface area contributed by atoms with E-state index in [0.29, 0.717) is 17.0 Å².